The van der Waals surface area contributed by atoms with Gasteiger partial charge in [0.15, 0.2) is 8.32 Å². The first kappa shape index (κ1) is 22.2. The summed E-state index contributed by atoms with van der Waals surface area (Å²) in [5.74, 6) is 3.82. The van der Waals surface area contributed by atoms with E-state index < -0.39 is 16.4 Å². The van der Waals surface area contributed by atoms with E-state index in [4.69, 9.17) is 4.43 Å². The number of hydrogen-bond donors (Lipinski definition) is 0. The summed E-state index contributed by atoms with van der Waals surface area (Å²) in [6.07, 6.45) is 2.31. The van der Waals surface area contributed by atoms with Crippen molar-refractivity contribution in [3.63, 3.8) is 0 Å². The Morgan fingerprint density at radius 3 is 2.04 bits per heavy atom. The molecule has 0 N–H and O–H groups in total. The van der Waals surface area contributed by atoms with Crippen molar-refractivity contribution < 1.29 is 4.43 Å². The molecule has 0 aliphatic carbocycles. The van der Waals surface area contributed by atoms with Crippen molar-refractivity contribution in [1.29, 1.82) is 0 Å². The van der Waals surface area contributed by atoms with Crippen molar-refractivity contribution in [2.75, 3.05) is 0 Å². The van der Waals surface area contributed by atoms with E-state index in [0.29, 0.717) is 0 Å². The standard InChI is InChI=1S/C22H38OSi2/c1-19(17-18-24(5,6)7)21(23-25(8,9)22(2,3)4)16-15-20-13-11-10-12-14-20/h10-14,19,21H,15-16H2,1-9H3/t19-,21+/m1/s1. The van der Waals surface area contributed by atoms with Gasteiger partial charge in [0.2, 0.25) is 0 Å². The zero-order chi connectivity index (χ0) is 19.3. The SMILES string of the molecule is C[C@H](C#C[Si](C)(C)C)[C@H](CCc1ccccc1)O[Si](C)(C)C(C)(C)C. The van der Waals surface area contributed by atoms with Gasteiger partial charge in [-0.3, -0.25) is 0 Å². The number of hydrogen-bond acceptors (Lipinski definition) is 1. The lowest BCUT2D eigenvalue weighted by Crippen LogP contribution is -2.45. The van der Waals surface area contributed by atoms with Gasteiger partial charge in [0.05, 0.1) is 6.10 Å². The normalized spacial score (nSPS) is 15.2. The average molecular weight is 375 g/mol. The second-order valence-corrected chi connectivity index (χ2v) is 19.3. The van der Waals surface area contributed by atoms with E-state index in [9.17, 15) is 0 Å². The minimum absolute atomic E-state index is 0.213. The van der Waals surface area contributed by atoms with Crippen molar-refractivity contribution in [2.24, 2.45) is 5.92 Å². The Labute approximate surface area is 158 Å². The Bertz CT molecular complexity index is 582. The van der Waals surface area contributed by atoms with E-state index in [1.807, 2.05) is 0 Å². The lowest BCUT2D eigenvalue weighted by Gasteiger charge is -2.40. The van der Waals surface area contributed by atoms with Gasteiger partial charge in [-0.2, -0.15) is 0 Å². The first-order valence-corrected chi connectivity index (χ1v) is 16.0. The third-order valence-corrected chi connectivity index (χ3v) is 10.4. The summed E-state index contributed by atoms with van der Waals surface area (Å²) in [6, 6.07) is 10.7. The maximum atomic E-state index is 6.80. The molecule has 0 aliphatic heterocycles. The van der Waals surface area contributed by atoms with Crippen LogP contribution in [0.1, 0.15) is 39.7 Å². The Hall–Kier alpha value is -0.826. The minimum atomic E-state index is -1.80. The molecule has 0 spiro atoms. The molecule has 0 saturated heterocycles. The predicted molar refractivity (Wildman–Crippen MR) is 117 cm³/mol. The summed E-state index contributed by atoms with van der Waals surface area (Å²) in [5.41, 5.74) is 4.93. The van der Waals surface area contributed by atoms with E-state index in [1.54, 1.807) is 0 Å². The molecule has 0 aliphatic rings. The van der Waals surface area contributed by atoms with Crippen LogP contribution < -0.4 is 0 Å². The van der Waals surface area contributed by atoms with Crippen LogP contribution in [0.15, 0.2) is 30.3 Å². The molecular weight excluding hydrogens is 336 g/mol. The van der Waals surface area contributed by atoms with E-state index >= 15 is 0 Å². The van der Waals surface area contributed by atoms with Crippen LogP contribution in [0, 0.1) is 17.4 Å². The van der Waals surface area contributed by atoms with E-state index in [0.717, 1.165) is 12.8 Å². The van der Waals surface area contributed by atoms with Crippen molar-refractivity contribution in [2.45, 2.75) is 84.4 Å². The summed E-state index contributed by atoms with van der Waals surface area (Å²) in [6.45, 7) is 20.8. The van der Waals surface area contributed by atoms with Gasteiger partial charge in [-0.1, -0.05) is 70.7 Å². The number of rotatable bonds is 6. The Morgan fingerprint density at radius 2 is 1.56 bits per heavy atom. The van der Waals surface area contributed by atoms with Crippen LogP contribution in [0.4, 0.5) is 0 Å². The zero-order valence-corrected chi connectivity index (χ0v) is 19.9. The van der Waals surface area contributed by atoms with E-state index in [1.165, 1.54) is 5.56 Å². The molecule has 0 aromatic heterocycles. The molecule has 0 radical (unpaired) electrons. The second-order valence-electron chi connectivity index (χ2n) is 9.75. The van der Waals surface area contributed by atoms with Crippen LogP contribution >= 0.6 is 0 Å². The van der Waals surface area contributed by atoms with Crippen LogP contribution in [0.3, 0.4) is 0 Å². The Morgan fingerprint density at radius 1 is 1.00 bits per heavy atom. The summed E-state index contributed by atoms with van der Waals surface area (Å²) in [4.78, 5) is 0. The van der Waals surface area contributed by atoms with Crippen LogP contribution in [-0.4, -0.2) is 22.5 Å². The molecule has 0 saturated carbocycles. The highest BCUT2D eigenvalue weighted by Crippen LogP contribution is 2.38. The first-order chi connectivity index (χ1) is 11.3. The molecule has 0 bridgehead atoms. The highest BCUT2D eigenvalue weighted by Gasteiger charge is 2.39. The van der Waals surface area contributed by atoms with Gasteiger partial charge in [0, 0.05) is 5.92 Å². The highest BCUT2D eigenvalue weighted by molar-refractivity contribution is 6.83. The zero-order valence-electron chi connectivity index (χ0n) is 17.9. The number of aryl methyl sites for hydroxylation is 1. The van der Waals surface area contributed by atoms with Gasteiger partial charge in [-0.15, -0.1) is 11.5 Å². The van der Waals surface area contributed by atoms with Crippen molar-refractivity contribution in [3.8, 4) is 11.5 Å². The fourth-order valence-corrected chi connectivity index (χ4v) is 4.44. The van der Waals surface area contributed by atoms with Crippen molar-refractivity contribution in [3.05, 3.63) is 35.9 Å². The van der Waals surface area contributed by atoms with Gasteiger partial charge in [-0.25, -0.2) is 0 Å². The summed E-state index contributed by atoms with van der Waals surface area (Å²) < 4.78 is 6.80. The van der Waals surface area contributed by atoms with Crippen LogP contribution in [0.5, 0.6) is 0 Å². The first-order valence-electron chi connectivity index (χ1n) is 9.56. The molecule has 0 fully saturated rings. The lowest BCUT2D eigenvalue weighted by atomic mass is 9.98. The van der Waals surface area contributed by atoms with Crippen LogP contribution in [0.25, 0.3) is 0 Å². The summed E-state index contributed by atoms with van der Waals surface area (Å²) >= 11 is 0. The molecule has 3 heteroatoms. The van der Waals surface area contributed by atoms with Gasteiger partial charge in [0.1, 0.15) is 8.07 Å². The molecule has 1 rings (SSSR count). The predicted octanol–water partition coefficient (Wildman–Crippen LogP) is 6.53. The van der Waals surface area contributed by atoms with Crippen molar-refractivity contribution >= 4 is 16.4 Å². The molecule has 0 unspecified atom stereocenters. The Balaban J connectivity index is 2.94. The topological polar surface area (TPSA) is 9.23 Å². The minimum Gasteiger partial charge on any atom is -0.413 e. The molecule has 1 aromatic carbocycles. The monoisotopic (exact) mass is 374 g/mol. The van der Waals surface area contributed by atoms with E-state index in [-0.39, 0.29) is 17.1 Å². The second kappa shape index (κ2) is 8.71. The van der Waals surface area contributed by atoms with Crippen molar-refractivity contribution in [1.82, 2.24) is 0 Å². The van der Waals surface area contributed by atoms with Gasteiger partial charge >= 0.3 is 0 Å². The summed E-state index contributed by atoms with van der Waals surface area (Å²) in [5, 5.41) is 0.226. The van der Waals surface area contributed by atoms with E-state index in [2.05, 4.69) is 102 Å². The maximum Gasteiger partial charge on any atom is 0.192 e. The van der Waals surface area contributed by atoms with Crippen LogP contribution in [0.2, 0.25) is 37.8 Å². The Kier molecular flexibility index (Phi) is 7.74. The lowest BCUT2D eigenvalue weighted by molar-refractivity contribution is 0.140. The van der Waals surface area contributed by atoms with Gasteiger partial charge < -0.3 is 4.43 Å². The third kappa shape index (κ3) is 7.94. The molecule has 0 heterocycles. The van der Waals surface area contributed by atoms with Gasteiger partial charge in [0.25, 0.3) is 0 Å². The quantitative estimate of drug-likeness (QED) is 0.406. The molecule has 2 atom stereocenters. The summed E-state index contributed by atoms with van der Waals surface area (Å²) in [7, 11) is -3.15. The fraction of sp³-hybridized carbons (Fsp3) is 0.636. The average Bonchev–Trinajstić information content (AvgIpc) is 2.48. The fourth-order valence-electron chi connectivity index (χ4n) is 2.34. The smallest absolute Gasteiger partial charge is 0.192 e. The molecule has 0 amide bonds. The highest BCUT2D eigenvalue weighted by atomic mass is 28.4. The molecular formula is C22H38OSi2. The van der Waals surface area contributed by atoms with Crippen LogP contribution in [-0.2, 0) is 10.8 Å². The van der Waals surface area contributed by atoms with Gasteiger partial charge in [-0.05, 0) is 43.5 Å². The molecule has 25 heavy (non-hydrogen) atoms. The molecule has 140 valence electrons. The maximum absolute atomic E-state index is 6.80. The molecule has 1 nitrogen and oxygen atoms in total. The number of benzene rings is 1. The molecule has 1 aromatic rings. The third-order valence-electron chi connectivity index (χ3n) is 5.05. The largest absolute Gasteiger partial charge is 0.413 e.